The molecule has 0 radical (unpaired) electrons. The van der Waals surface area contributed by atoms with Crippen LogP contribution < -0.4 is 4.74 Å². The number of benzene rings is 2. The van der Waals surface area contributed by atoms with Crippen LogP contribution >= 0.6 is 0 Å². The minimum Gasteiger partial charge on any atom is -0.482 e. The molecular formula is C17H20O3. The summed E-state index contributed by atoms with van der Waals surface area (Å²) >= 11 is 0. The lowest BCUT2D eigenvalue weighted by Gasteiger charge is -2.19. The van der Waals surface area contributed by atoms with Crippen molar-refractivity contribution in [1.82, 2.24) is 0 Å². The Hall–Kier alpha value is -2.03. The van der Waals surface area contributed by atoms with Gasteiger partial charge in [-0.15, -0.1) is 0 Å². The fourth-order valence-electron chi connectivity index (χ4n) is 1.95. The van der Waals surface area contributed by atoms with Crippen LogP contribution in [0, 0.1) is 6.92 Å². The lowest BCUT2D eigenvalue weighted by atomic mass is 10.1. The Kier molecular flexibility index (Phi) is 3.98. The van der Waals surface area contributed by atoms with Crippen LogP contribution in [0.3, 0.4) is 0 Å². The molecule has 0 aliphatic heterocycles. The number of aryl methyl sites for hydroxylation is 1. The fraction of sp³-hybridized carbons (Fsp3) is 0.353. The van der Waals surface area contributed by atoms with Gasteiger partial charge in [0.15, 0.2) is 6.61 Å². The van der Waals surface area contributed by atoms with Crippen molar-refractivity contribution in [2.75, 3.05) is 6.61 Å². The van der Waals surface area contributed by atoms with E-state index in [4.69, 9.17) is 9.47 Å². The molecule has 0 saturated carbocycles. The molecule has 0 spiro atoms. The van der Waals surface area contributed by atoms with Crippen LogP contribution in [-0.4, -0.2) is 18.2 Å². The molecule has 20 heavy (non-hydrogen) atoms. The molecule has 0 amide bonds. The van der Waals surface area contributed by atoms with Gasteiger partial charge in [0.1, 0.15) is 11.4 Å². The molecule has 0 atom stereocenters. The zero-order chi connectivity index (χ0) is 14.8. The second-order valence-corrected chi connectivity index (χ2v) is 5.89. The molecule has 2 rings (SSSR count). The predicted octanol–water partition coefficient (Wildman–Crippen LogP) is 3.87. The van der Waals surface area contributed by atoms with Crippen molar-refractivity contribution in [3.05, 3.63) is 42.0 Å². The maximum absolute atomic E-state index is 11.6. The summed E-state index contributed by atoms with van der Waals surface area (Å²) in [5.74, 6) is 0.316. The predicted molar refractivity (Wildman–Crippen MR) is 80.0 cm³/mol. The van der Waals surface area contributed by atoms with E-state index in [0.29, 0.717) is 5.75 Å². The van der Waals surface area contributed by atoms with E-state index in [9.17, 15) is 4.79 Å². The van der Waals surface area contributed by atoms with Crippen LogP contribution in [0.15, 0.2) is 36.4 Å². The summed E-state index contributed by atoms with van der Waals surface area (Å²) in [6.07, 6.45) is 0. The first-order valence-electron chi connectivity index (χ1n) is 6.68. The molecule has 3 heteroatoms. The third-order valence-electron chi connectivity index (χ3n) is 2.74. The van der Waals surface area contributed by atoms with Gasteiger partial charge in [-0.2, -0.15) is 0 Å². The summed E-state index contributed by atoms with van der Waals surface area (Å²) in [6, 6.07) is 12.0. The Morgan fingerprint density at radius 2 is 1.75 bits per heavy atom. The zero-order valence-electron chi connectivity index (χ0n) is 12.4. The van der Waals surface area contributed by atoms with Gasteiger partial charge in [0.05, 0.1) is 0 Å². The number of hydrogen-bond acceptors (Lipinski definition) is 3. The second-order valence-electron chi connectivity index (χ2n) is 5.89. The Balaban J connectivity index is 2.05. The van der Waals surface area contributed by atoms with Crippen LogP contribution in [0.4, 0.5) is 0 Å². The number of carbonyl (C=O) groups is 1. The highest BCUT2D eigenvalue weighted by molar-refractivity contribution is 5.84. The fourth-order valence-corrected chi connectivity index (χ4v) is 1.95. The summed E-state index contributed by atoms with van der Waals surface area (Å²) in [5.41, 5.74) is 0.711. The molecule has 0 saturated heterocycles. The van der Waals surface area contributed by atoms with Crippen molar-refractivity contribution in [2.24, 2.45) is 0 Å². The van der Waals surface area contributed by atoms with E-state index >= 15 is 0 Å². The van der Waals surface area contributed by atoms with Crippen molar-refractivity contribution in [1.29, 1.82) is 0 Å². The summed E-state index contributed by atoms with van der Waals surface area (Å²) < 4.78 is 10.7. The van der Waals surface area contributed by atoms with Gasteiger partial charge >= 0.3 is 5.97 Å². The van der Waals surface area contributed by atoms with E-state index < -0.39 is 5.60 Å². The third kappa shape index (κ3) is 3.98. The van der Waals surface area contributed by atoms with Crippen LogP contribution in [0.1, 0.15) is 26.3 Å². The molecule has 0 heterocycles. The van der Waals surface area contributed by atoms with Gasteiger partial charge in [-0.1, -0.05) is 29.8 Å². The quantitative estimate of drug-likeness (QED) is 0.796. The molecule has 0 aromatic heterocycles. The summed E-state index contributed by atoms with van der Waals surface area (Å²) in [4.78, 5) is 11.6. The monoisotopic (exact) mass is 272 g/mol. The van der Waals surface area contributed by atoms with Crippen LogP contribution in [0.5, 0.6) is 5.75 Å². The minimum absolute atomic E-state index is 0.0748. The maximum atomic E-state index is 11.6. The van der Waals surface area contributed by atoms with Gasteiger partial charge < -0.3 is 9.47 Å². The molecule has 2 aromatic rings. The maximum Gasteiger partial charge on any atom is 0.344 e. The highest BCUT2D eigenvalue weighted by atomic mass is 16.6. The van der Waals surface area contributed by atoms with E-state index in [0.717, 1.165) is 10.8 Å². The lowest BCUT2D eigenvalue weighted by Crippen LogP contribution is -2.27. The SMILES string of the molecule is Cc1ccc2ccc(OCC(=O)OC(C)(C)C)cc2c1. The summed E-state index contributed by atoms with van der Waals surface area (Å²) in [5, 5.41) is 2.26. The molecular weight excluding hydrogens is 252 g/mol. The summed E-state index contributed by atoms with van der Waals surface area (Å²) in [7, 11) is 0. The zero-order valence-corrected chi connectivity index (χ0v) is 12.4. The second kappa shape index (κ2) is 5.53. The molecule has 3 nitrogen and oxygen atoms in total. The Bertz CT molecular complexity index is 624. The average molecular weight is 272 g/mol. The molecule has 106 valence electrons. The van der Waals surface area contributed by atoms with Gasteiger partial charge in [-0.25, -0.2) is 4.79 Å². The molecule has 0 N–H and O–H groups in total. The number of rotatable bonds is 3. The first-order valence-corrected chi connectivity index (χ1v) is 6.68. The first kappa shape index (κ1) is 14.4. The number of esters is 1. The van der Waals surface area contributed by atoms with Crippen LogP contribution in [-0.2, 0) is 9.53 Å². The topological polar surface area (TPSA) is 35.5 Å². The Morgan fingerprint density at radius 1 is 1.05 bits per heavy atom. The lowest BCUT2D eigenvalue weighted by molar-refractivity contribution is -0.157. The smallest absolute Gasteiger partial charge is 0.344 e. The largest absolute Gasteiger partial charge is 0.482 e. The van der Waals surface area contributed by atoms with E-state index in [1.54, 1.807) is 0 Å². The molecule has 0 aliphatic rings. The first-order chi connectivity index (χ1) is 9.33. The van der Waals surface area contributed by atoms with E-state index in [-0.39, 0.29) is 12.6 Å². The molecule has 0 unspecified atom stereocenters. The van der Waals surface area contributed by atoms with E-state index in [1.807, 2.05) is 45.9 Å². The highest BCUT2D eigenvalue weighted by Crippen LogP contribution is 2.22. The summed E-state index contributed by atoms with van der Waals surface area (Å²) in [6.45, 7) is 7.49. The van der Waals surface area contributed by atoms with Crippen molar-refractivity contribution in [2.45, 2.75) is 33.3 Å². The molecule has 2 aromatic carbocycles. The normalized spacial score (nSPS) is 11.4. The van der Waals surface area contributed by atoms with Crippen LogP contribution in [0.25, 0.3) is 10.8 Å². The number of hydrogen-bond donors (Lipinski definition) is 0. The number of carbonyl (C=O) groups excluding carboxylic acids is 1. The van der Waals surface area contributed by atoms with Gasteiger partial charge in [0, 0.05) is 0 Å². The van der Waals surface area contributed by atoms with Crippen molar-refractivity contribution < 1.29 is 14.3 Å². The van der Waals surface area contributed by atoms with E-state index in [1.165, 1.54) is 5.56 Å². The van der Waals surface area contributed by atoms with Crippen LogP contribution in [0.2, 0.25) is 0 Å². The highest BCUT2D eigenvalue weighted by Gasteiger charge is 2.16. The van der Waals surface area contributed by atoms with Crippen molar-refractivity contribution in [3.8, 4) is 5.75 Å². The standard InChI is InChI=1S/C17H20O3/c1-12-5-6-13-7-8-15(10-14(13)9-12)19-11-16(18)20-17(2,3)4/h5-10H,11H2,1-4H3. The number of ether oxygens (including phenoxy) is 2. The average Bonchev–Trinajstić information content (AvgIpc) is 2.33. The van der Waals surface area contributed by atoms with E-state index in [2.05, 4.69) is 18.2 Å². The van der Waals surface area contributed by atoms with Gasteiger partial charge in [0.2, 0.25) is 0 Å². The van der Waals surface area contributed by atoms with Crippen molar-refractivity contribution >= 4 is 16.7 Å². The number of fused-ring (bicyclic) bond motifs is 1. The molecule has 0 bridgehead atoms. The molecule has 0 fully saturated rings. The minimum atomic E-state index is -0.485. The van der Waals surface area contributed by atoms with Gasteiger partial charge in [-0.05, 0) is 50.6 Å². The Morgan fingerprint density at radius 3 is 2.45 bits per heavy atom. The van der Waals surface area contributed by atoms with Crippen molar-refractivity contribution in [3.63, 3.8) is 0 Å². The Labute approximate surface area is 119 Å². The third-order valence-corrected chi connectivity index (χ3v) is 2.74. The molecule has 0 aliphatic carbocycles. The van der Waals surface area contributed by atoms with Gasteiger partial charge in [0.25, 0.3) is 0 Å². The van der Waals surface area contributed by atoms with Gasteiger partial charge in [-0.3, -0.25) is 0 Å².